The van der Waals surface area contributed by atoms with Gasteiger partial charge in [-0.3, -0.25) is 14.5 Å². The molecule has 0 radical (unpaired) electrons. The second kappa shape index (κ2) is 7.36. The summed E-state index contributed by atoms with van der Waals surface area (Å²) in [6, 6.07) is 11.3. The number of urea groups is 1. The molecule has 27 heavy (non-hydrogen) atoms. The van der Waals surface area contributed by atoms with Crippen LogP contribution in [0.1, 0.15) is 18.9 Å². The second-order valence-electron chi connectivity index (χ2n) is 6.15. The molecular formula is C19H17ClFN3O3. The van der Waals surface area contributed by atoms with Crippen molar-refractivity contribution in [2.45, 2.75) is 18.9 Å². The Bertz CT molecular complexity index is 903. The summed E-state index contributed by atoms with van der Waals surface area (Å²) in [5.74, 6) is -1.63. The van der Waals surface area contributed by atoms with E-state index in [4.69, 9.17) is 11.6 Å². The summed E-state index contributed by atoms with van der Waals surface area (Å²) in [7, 11) is 0. The van der Waals surface area contributed by atoms with Gasteiger partial charge in [-0.05, 0) is 42.3 Å². The Hall–Kier alpha value is -2.93. The van der Waals surface area contributed by atoms with Crippen LogP contribution in [-0.4, -0.2) is 29.3 Å². The van der Waals surface area contributed by atoms with Crippen LogP contribution in [0.15, 0.2) is 48.5 Å². The zero-order chi connectivity index (χ0) is 19.6. The second-order valence-corrected chi connectivity index (χ2v) is 6.58. The third kappa shape index (κ3) is 3.64. The van der Waals surface area contributed by atoms with Crippen LogP contribution in [0.5, 0.6) is 0 Å². The maximum absolute atomic E-state index is 13.2. The van der Waals surface area contributed by atoms with Gasteiger partial charge in [0.1, 0.15) is 17.9 Å². The summed E-state index contributed by atoms with van der Waals surface area (Å²) in [4.78, 5) is 38.4. The van der Waals surface area contributed by atoms with Crippen LogP contribution < -0.4 is 10.6 Å². The first-order valence-corrected chi connectivity index (χ1v) is 8.69. The standard InChI is InChI=1S/C19H17ClFN3O3/c1-2-19(12-6-8-13(20)9-7-12)17(26)24(18(27)23-19)11-16(25)22-15-5-3-4-14(21)10-15/h3-10H,2,11H2,1H3,(H,22,25)(H,23,27)/t19-/m1/s1. The number of benzene rings is 2. The Labute approximate surface area is 160 Å². The number of anilines is 1. The van der Waals surface area contributed by atoms with Crippen molar-refractivity contribution in [1.29, 1.82) is 0 Å². The molecular weight excluding hydrogens is 373 g/mol. The van der Waals surface area contributed by atoms with Crippen LogP contribution >= 0.6 is 11.6 Å². The monoisotopic (exact) mass is 389 g/mol. The fraction of sp³-hybridized carbons (Fsp3) is 0.211. The number of amides is 4. The molecule has 8 heteroatoms. The molecule has 1 heterocycles. The normalized spacial score (nSPS) is 19.1. The highest BCUT2D eigenvalue weighted by molar-refractivity contribution is 6.30. The van der Waals surface area contributed by atoms with Gasteiger partial charge < -0.3 is 10.6 Å². The number of hydrogen-bond acceptors (Lipinski definition) is 3. The third-order valence-electron chi connectivity index (χ3n) is 4.45. The molecule has 2 aromatic carbocycles. The summed E-state index contributed by atoms with van der Waals surface area (Å²) in [5.41, 5.74) is -0.423. The summed E-state index contributed by atoms with van der Waals surface area (Å²) in [5, 5.41) is 5.67. The summed E-state index contributed by atoms with van der Waals surface area (Å²) >= 11 is 5.90. The number of nitrogens with one attached hydrogen (secondary N) is 2. The minimum atomic E-state index is -1.25. The van der Waals surface area contributed by atoms with Gasteiger partial charge in [0.2, 0.25) is 5.91 Å². The Balaban J connectivity index is 1.78. The molecule has 3 rings (SSSR count). The number of nitrogens with zero attached hydrogens (tertiary/aromatic N) is 1. The van der Waals surface area contributed by atoms with Crippen molar-refractivity contribution < 1.29 is 18.8 Å². The summed E-state index contributed by atoms with van der Waals surface area (Å²) in [6.45, 7) is 1.29. The van der Waals surface area contributed by atoms with E-state index in [2.05, 4.69) is 10.6 Å². The topological polar surface area (TPSA) is 78.5 Å². The largest absolute Gasteiger partial charge is 0.325 e. The number of carbonyl (C=O) groups is 3. The lowest BCUT2D eigenvalue weighted by Gasteiger charge is -2.25. The molecule has 0 unspecified atom stereocenters. The van der Waals surface area contributed by atoms with Crippen LogP contribution in [-0.2, 0) is 15.1 Å². The maximum Gasteiger partial charge on any atom is 0.325 e. The lowest BCUT2D eigenvalue weighted by molar-refractivity contribution is -0.134. The van der Waals surface area contributed by atoms with Crippen molar-refractivity contribution >= 4 is 35.1 Å². The fourth-order valence-corrected chi connectivity index (χ4v) is 3.18. The van der Waals surface area contributed by atoms with Crippen molar-refractivity contribution in [1.82, 2.24) is 10.2 Å². The lowest BCUT2D eigenvalue weighted by Crippen LogP contribution is -2.44. The molecule has 4 amide bonds. The first kappa shape index (κ1) is 18.8. The van der Waals surface area contributed by atoms with E-state index < -0.39 is 35.7 Å². The van der Waals surface area contributed by atoms with Gasteiger partial charge in [0.15, 0.2) is 0 Å². The van der Waals surface area contributed by atoms with Crippen molar-refractivity contribution in [3.63, 3.8) is 0 Å². The Morgan fingerprint density at radius 2 is 1.93 bits per heavy atom. The SMILES string of the molecule is CC[C@]1(c2ccc(Cl)cc2)NC(=O)N(CC(=O)Nc2cccc(F)c2)C1=O. The average molecular weight is 390 g/mol. The van der Waals surface area contributed by atoms with Gasteiger partial charge in [-0.15, -0.1) is 0 Å². The average Bonchev–Trinajstić information content (AvgIpc) is 2.87. The fourth-order valence-electron chi connectivity index (χ4n) is 3.05. The first-order valence-electron chi connectivity index (χ1n) is 8.31. The molecule has 1 atom stereocenters. The van der Waals surface area contributed by atoms with Gasteiger partial charge in [0.25, 0.3) is 5.91 Å². The van der Waals surface area contributed by atoms with Crippen LogP contribution in [0.2, 0.25) is 5.02 Å². The van der Waals surface area contributed by atoms with E-state index >= 15 is 0 Å². The van der Waals surface area contributed by atoms with E-state index in [-0.39, 0.29) is 5.69 Å². The van der Waals surface area contributed by atoms with Crippen molar-refractivity contribution in [3.05, 3.63) is 64.9 Å². The molecule has 1 aliphatic heterocycles. The lowest BCUT2D eigenvalue weighted by atomic mass is 9.87. The zero-order valence-corrected chi connectivity index (χ0v) is 15.2. The van der Waals surface area contributed by atoms with Gasteiger partial charge in [0.05, 0.1) is 0 Å². The van der Waals surface area contributed by atoms with E-state index in [1.165, 1.54) is 18.2 Å². The highest BCUT2D eigenvalue weighted by Gasteiger charge is 2.51. The first-order chi connectivity index (χ1) is 12.9. The number of halogens is 2. The molecule has 0 aromatic heterocycles. The predicted octanol–water partition coefficient (Wildman–Crippen LogP) is 3.27. The number of hydrogen-bond donors (Lipinski definition) is 2. The molecule has 140 valence electrons. The molecule has 1 aliphatic rings. The summed E-state index contributed by atoms with van der Waals surface area (Å²) < 4.78 is 13.2. The van der Waals surface area contributed by atoms with E-state index in [1.54, 1.807) is 31.2 Å². The van der Waals surface area contributed by atoms with Crippen LogP contribution in [0.3, 0.4) is 0 Å². The molecule has 6 nitrogen and oxygen atoms in total. The van der Waals surface area contributed by atoms with Crippen molar-refractivity contribution in [2.24, 2.45) is 0 Å². The van der Waals surface area contributed by atoms with E-state index in [9.17, 15) is 18.8 Å². The van der Waals surface area contributed by atoms with Gasteiger partial charge in [-0.1, -0.05) is 36.7 Å². The maximum atomic E-state index is 13.2. The minimum Gasteiger partial charge on any atom is -0.324 e. The molecule has 2 aromatic rings. The Kier molecular flexibility index (Phi) is 5.14. The minimum absolute atomic E-state index is 0.242. The van der Waals surface area contributed by atoms with Crippen molar-refractivity contribution in [2.75, 3.05) is 11.9 Å². The van der Waals surface area contributed by atoms with E-state index in [0.29, 0.717) is 17.0 Å². The highest BCUT2D eigenvalue weighted by Crippen LogP contribution is 2.33. The van der Waals surface area contributed by atoms with Gasteiger partial charge >= 0.3 is 6.03 Å². The van der Waals surface area contributed by atoms with Crippen LogP contribution in [0.25, 0.3) is 0 Å². The van der Waals surface area contributed by atoms with Crippen molar-refractivity contribution in [3.8, 4) is 0 Å². The van der Waals surface area contributed by atoms with Gasteiger partial charge in [0, 0.05) is 10.7 Å². The molecule has 2 N–H and O–H groups in total. The van der Waals surface area contributed by atoms with E-state index in [1.807, 2.05) is 0 Å². The highest BCUT2D eigenvalue weighted by atomic mass is 35.5. The molecule has 0 saturated carbocycles. The number of rotatable bonds is 5. The smallest absolute Gasteiger partial charge is 0.324 e. The van der Waals surface area contributed by atoms with Gasteiger partial charge in [-0.2, -0.15) is 0 Å². The third-order valence-corrected chi connectivity index (χ3v) is 4.71. The number of imide groups is 1. The predicted molar refractivity (Wildman–Crippen MR) is 98.7 cm³/mol. The molecule has 1 fully saturated rings. The Morgan fingerprint density at radius 1 is 1.22 bits per heavy atom. The molecule has 0 bridgehead atoms. The molecule has 1 saturated heterocycles. The van der Waals surface area contributed by atoms with E-state index in [0.717, 1.165) is 11.0 Å². The molecule has 0 aliphatic carbocycles. The van der Waals surface area contributed by atoms with Gasteiger partial charge in [-0.25, -0.2) is 9.18 Å². The Morgan fingerprint density at radius 3 is 2.56 bits per heavy atom. The quantitative estimate of drug-likeness (QED) is 0.770. The van der Waals surface area contributed by atoms with Crippen LogP contribution in [0.4, 0.5) is 14.9 Å². The van der Waals surface area contributed by atoms with Crippen LogP contribution in [0, 0.1) is 5.82 Å². The molecule has 0 spiro atoms. The summed E-state index contributed by atoms with van der Waals surface area (Å²) in [6.07, 6.45) is 0.307. The number of carbonyl (C=O) groups excluding carboxylic acids is 3. The zero-order valence-electron chi connectivity index (χ0n) is 14.5.